The lowest BCUT2D eigenvalue weighted by Crippen LogP contribution is -2.62. The van der Waals surface area contributed by atoms with Gasteiger partial charge in [-0.05, 0) is 37.5 Å². The molecule has 1 aromatic rings. The van der Waals surface area contributed by atoms with Gasteiger partial charge in [0.25, 0.3) is 0 Å². The van der Waals surface area contributed by atoms with Crippen LogP contribution in [0.4, 0.5) is 0 Å². The van der Waals surface area contributed by atoms with E-state index in [1.807, 2.05) is 16.0 Å². The second-order valence-electron chi connectivity index (χ2n) is 9.39. The molecule has 0 bridgehead atoms. The summed E-state index contributed by atoms with van der Waals surface area (Å²) in [5, 5.41) is 3.35. The van der Waals surface area contributed by atoms with Crippen molar-refractivity contribution in [2.45, 2.75) is 71.4 Å². The SMILES string of the molecule is CC(C)C[C@@H]1NCCN([C@@H](CC(C)C)C(=O)N2CCC(c3ncc[nH]3)CC2)C1=O. The number of piperidine rings is 1. The van der Waals surface area contributed by atoms with E-state index < -0.39 is 0 Å². The second-order valence-corrected chi connectivity index (χ2v) is 9.39. The average molecular weight is 404 g/mol. The Morgan fingerprint density at radius 2 is 1.90 bits per heavy atom. The maximum Gasteiger partial charge on any atom is 0.245 e. The lowest BCUT2D eigenvalue weighted by molar-refractivity contribution is -0.150. The molecule has 0 radical (unpaired) electrons. The number of rotatable bonds is 7. The van der Waals surface area contributed by atoms with Gasteiger partial charge in [0.2, 0.25) is 11.8 Å². The van der Waals surface area contributed by atoms with Crippen molar-refractivity contribution in [1.82, 2.24) is 25.1 Å². The third-order valence-electron chi connectivity index (χ3n) is 6.10. The summed E-state index contributed by atoms with van der Waals surface area (Å²) >= 11 is 0. The molecule has 2 atom stereocenters. The predicted molar refractivity (Wildman–Crippen MR) is 113 cm³/mol. The fraction of sp³-hybridized carbons (Fsp3) is 0.773. The zero-order valence-electron chi connectivity index (χ0n) is 18.4. The largest absolute Gasteiger partial charge is 0.348 e. The van der Waals surface area contributed by atoms with Crippen molar-refractivity contribution in [3.05, 3.63) is 18.2 Å². The standard InChI is InChI=1S/C22H37N5O2/c1-15(2)13-18-21(28)27(12-9-23-18)19(14-16(3)4)22(29)26-10-5-17(6-11-26)20-24-7-8-25-20/h7-8,15-19,23H,5-6,9-14H2,1-4H3,(H,24,25)/t18-,19-/m0/s1. The minimum Gasteiger partial charge on any atom is -0.348 e. The highest BCUT2D eigenvalue weighted by Crippen LogP contribution is 2.27. The summed E-state index contributed by atoms with van der Waals surface area (Å²) in [7, 11) is 0. The highest BCUT2D eigenvalue weighted by Gasteiger charge is 2.39. The first-order valence-corrected chi connectivity index (χ1v) is 11.2. The Labute approximate surface area is 174 Å². The molecule has 1 aromatic heterocycles. The number of aromatic nitrogens is 2. The van der Waals surface area contributed by atoms with Gasteiger partial charge in [-0.3, -0.25) is 9.59 Å². The van der Waals surface area contributed by atoms with Crippen LogP contribution in [0, 0.1) is 11.8 Å². The summed E-state index contributed by atoms with van der Waals surface area (Å²) in [6.45, 7) is 11.3. The first-order chi connectivity index (χ1) is 13.9. The van der Waals surface area contributed by atoms with E-state index in [0.717, 1.165) is 51.1 Å². The van der Waals surface area contributed by atoms with Crippen LogP contribution in [0.3, 0.4) is 0 Å². The van der Waals surface area contributed by atoms with Crippen LogP contribution in [0.15, 0.2) is 12.4 Å². The molecule has 2 aliphatic heterocycles. The molecule has 2 aliphatic rings. The number of carbonyl (C=O) groups is 2. The smallest absolute Gasteiger partial charge is 0.245 e. The van der Waals surface area contributed by atoms with E-state index in [1.54, 1.807) is 6.20 Å². The van der Waals surface area contributed by atoms with E-state index >= 15 is 0 Å². The van der Waals surface area contributed by atoms with Gasteiger partial charge in [0.15, 0.2) is 0 Å². The van der Waals surface area contributed by atoms with E-state index in [4.69, 9.17) is 0 Å². The van der Waals surface area contributed by atoms with Crippen molar-refractivity contribution in [3.63, 3.8) is 0 Å². The van der Waals surface area contributed by atoms with Crippen molar-refractivity contribution in [1.29, 1.82) is 0 Å². The minimum absolute atomic E-state index is 0.0921. The lowest BCUT2D eigenvalue weighted by atomic mass is 9.93. The Balaban J connectivity index is 1.68. The molecule has 2 fully saturated rings. The first-order valence-electron chi connectivity index (χ1n) is 11.2. The van der Waals surface area contributed by atoms with Crippen LogP contribution in [0.5, 0.6) is 0 Å². The number of aromatic amines is 1. The van der Waals surface area contributed by atoms with Crippen molar-refractivity contribution in [2.75, 3.05) is 26.2 Å². The van der Waals surface area contributed by atoms with Gasteiger partial charge in [-0.15, -0.1) is 0 Å². The van der Waals surface area contributed by atoms with Crippen molar-refractivity contribution >= 4 is 11.8 Å². The molecular weight excluding hydrogens is 366 g/mol. The number of amides is 2. The Kier molecular flexibility index (Phi) is 7.33. The van der Waals surface area contributed by atoms with Crippen LogP contribution in [-0.2, 0) is 9.59 Å². The Bertz CT molecular complexity index is 665. The van der Waals surface area contributed by atoms with Gasteiger partial charge in [-0.2, -0.15) is 0 Å². The van der Waals surface area contributed by atoms with Crippen LogP contribution in [-0.4, -0.2) is 69.8 Å². The number of hydrogen-bond acceptors (Lipinski definition) is 4. The molecule has 0 aromatic carbocycles. The summed E-state index contributed by atoms with van der Waals surface area (Å²) in [6.07, 6.45) is 7.01. The van der Waals surface area contributed by atoms with E-state index in [2.05, 4.69) is 43.0 Å². The van der Waals surface area contributed by atoms with Crippen LogP contribution >= 0.6 is 0 Å². The maximum atomic E-state index is 13.5. The lowest BCUT2D eigenvalue weighted by Gasteiger charge is -2.42. The van der Waals surface area contributed by atoms with E-state index in [0.29, 0.717) is 24.3 Å². The molecule has 2 N–H and O–H groups in total. The van der Waals surface area contributed by atoms with Gasteiger partial charge in [0.05, 0.1) is 6.04 Å². The third-order valence-corrected chi connectivity index (χ3v) is 6.10. The van der Waals surface area contributed by atoms with E-state index in [9.17, 15) is 9.59 Å². The summed E-state index contributed by atoms with van der Waals surface area (Å²) < 4.78 is 0. The van der Waals surface area contributed by atoms with Gasteiger partial charge in [0, 0.05) is 44.5 Å². The number of hydrogen-bond donors (Lipinski definition) is 2. The molecule has 0 unspecified atom stereocenters. The zero-order chi connectivity index (χ0) is 21.0. The number of carbonyl (C=O) groups excluding carboxylic acids is 2. The van der Waals surface area contributed by atoms with E-state index in [-0.39, 0.29) is 23.9 Å². The van der Waals surface area contributed by atoms with Gasteiger partial charge in [-0.1, -0.05) is 27.7 Å². The second kappa shape index (κ2) is 9.74. The summed E-state index contributed by atoms with van der Waals surface area (Å²) in [5.74, 6) is 2.41. The topological polar surface area (TPSA) is 81.3 Å². The summed E-state index contributed by atoms with van der Waals surface area (Å²) in [4.78, 5) is 38.1. The summed E-state index contributed by atoms with van der Waals surface area (Å²) in [5.41, 5.74) is 0. The van der Waals surface area contributed by atoms with Crippen LogP contribution in [0.25, 0.3) is 0 Å². The third kappa shape index (κ3) is 5.38. The number of H-pyrrole nitrogens is 1. The highest BCUT2D eigenvalue weighted by atomic mass is 16.2. The molecule has 7 heteroatoms. The molecule has 0 saturated carbocycles. The number of nitrogens with one attached hydrogen (secondary N) is 2. The monoisotopic (exact) mass is 403 g/mol. The molecule has 3 heterocycles. The highest BCUT2D eigenvalue weighted by molar-refractivity contribution is 5.90. The fourth-order valence-electron chi connectivity index (χ4n) is 4.61. The van der Waals surface area contributed by atoms with Gasteiger partial charge >= 0.3 is 0 Å². The van der Waals surface area contributed by atoms with Gasteiger partial charge in [-0.25, -0.2) is 4.98 Å². The minimum atomic E-state index is -0.348. The number of likely N-dealkylation sites (tertiary alicyclic amines) is 1. The quantitative estimate of drug-likeness (QED) is 0.732. The van der Waals surface area contributed by atoms with Crippen molar-refractivity contribution < 1.29 is 9.59 Å². The molecule has 2 amide bonds. The molecule has 2 saturated heterocycles. The van der Waals surface area contributed by atoms with Crippen LogP contribution < -0.4 is 5.32 Å². The van der Waals surface area contributed by atoms with Crippen LogP contribution in [0.1, 0.15) is 65.1 Å². The molecule has 162 valence electrons. The first kappa shape index (κ1) is 21.8. The summed E-state index contributed by atoms with van der Waals surface area (Å²) in [6, 6.07) is -0.518. The Hall–Kier alpha value is -1.89. The average Bonchev–Trinajstić information content (AvgIpc) is 3.22. The number of piperazine rings is 1. The molecule has 7 nitrogen and oxygen atoms in total. The van der Waals surface area contributed by atoms with Crippen molar-refractivity contribution in [2.24, 2.45) is 11.8 Å². The maximum absolute atomic E-state index is 13.5. The zero-order valence-corrected chi connectivity index (χ0v) is 18.4. The Morgan fingerprint density at radius 1 is 1.17 bits per heavy atom. The van der Waals surface area contributed by atoms with Crippen LogP contribution in [0.2, 0.25) is 0 Å². The number of nitrogens with zero attached hydrogens (tertiary/aromatic N) is 3. The molecule has 0 aliphatic carbocycles. The molecule has 3 rings (SSSR count). The number of imidazole rings is 1. The molecule has 0 spiro atoms. The fourth-order valence-corrected chi connectivity index (χ4v) is 4.61. The van der Waals surface area contributed by atoms with E-state index in [1.165, 1.54) is 0 Å². The predicted octanol–water partition coefficient (Wildman–Crippen LogP) is 2.38. The van der Waals surface area contributed by atoms with Gasteiger partial charge in [0.1, 0.15) is 11.9 Å². The molecular formula is C22H37N5O2. The molecule has 29 heavy (non-hydrogen) atoms. The van der Waals surface area contributed by atoms with Crippen molar-refractivity contribution in [3.8, 4) is 0 Å². The van der Waals surface area contributed by atoms with Gasteiger partial charge < -0.3 is 20.1 Å². The Morgan fingerprint density at radius 3 is 2.48 bits per heavy atom. The normalized spacial score (nSPS) is 22.6.